The summed E-state index contributed by atoms with van der Waals surface area (Å²) in [6, 6.07) is 12.4. The molecule has 1 aliphatic rings. The molecule has 0 spiro atoms. The maximum atomic E-state index is 13.3. The van der Waals surface area contributed by atoms with Crippen LogP contribution in [0.2, 0.25) is 0 Å². The molecule has 0 aliphatic carbocycles. The standard InChI is InChI=1S/C25H31N3O4S2/c1-19-9-10-22-24(20(19)2)26-25(33-22)28(13-6-12-27-14-16-32-17-15-27)23(29)11-18-34(30,31)21-7-4-3-5-8-21/h3-5,7-10H,6,11-18H2,1-2H3. The number of morpholine rings is 1. The van der Waals surface area contributed by atoms with E-state index in [9.17, 15) is 13.2 Å². The Kier molecular flexibility index (Phi) is 7.98. The van der Waals surface area contributed by atoms with Crippen LogP contribution >= 0.6 is 11.3 Å². The van der Waals surface area contributed by atoms with E-state index in [0.717, 1.165) is 60.6 Å². The first kappa shape index (κ1) is 24.8. The lowest BCUT2D eigenvalue weighted by atomic mass is 10.1. The number of hydrogen-bond acceptors (Lipinski definition) is 7. The van der Waals surface area contributed by atoms with Crippen molar-refractivity contribution in [1.82, 2.24) is 9.88 Å². The summed E-state index contributed by atoms with van der Waals surface area (Å²) in [7, 11) is -3.53. The summed E-state index contributed by atoms with van der Waals surface area (Å²) >= 11 is 1.48. The molecule has 0 radical (unpaired) electrons. The highest BCUT2D eigenvalue weighted by Crippen LogP contribution is 2.32. The first-order chi connectivity index (χ1) is 16.3. The molecule has 0 bridgehead atoms. The lowest BCUT2D eigenvalue weighted by Gasteiger charge is -2.27. The Morgan fingerprint density at radius 2 is 1.85 bits per heavy atom. The summed E-state index contributed by atoms with van der Waals surface area (Å²) in [6.07, 6.45) is 0.702. The highest BCUT2D eigenvalue weighted by molar-refractivity contribution is 7.91. The minimum Gasteiger partial charge on any atom is -0.379 e. The van der Waals surface area contributed by atoms with Gasteiger partial charge in [0.05, 0.1) is 34.1 Å². The Hall–Kier alpha value is -2.33. The maximum absolute atomic E-state index is 13.3. The van der Waals surface area contributed by atoms with Crippen LogP contribution in [0.25, 0.3) is 10.2 Å². The van der Waals surface area contributed by atoms with E-state index in [4.69, 9.17) is 9.72 Å². The van der Waals surface area contributed by atoms with Crippen LogP contribution in [0.3, 0.4) is 0 Å². The third kappa shape index (κ3) is 5.83. The second-order valence-corrected chi connectivity index (χ2v) is 11.7. The van der Waals surface area contributed by atoms with Gasteiger partial charge in [-0.15, -0.1) is 0 Å². The van der Waals surface area contributed by atoms with Crippen molar-refractivity contribution in [3.8, 4) is 0 Å². The van der Waals surface area contributed by atoms with Crippen LogP contribution in [-0.2, 0) is 19.4 Å². The first-order valence-corrected chi connectivity index (χ1v) is 14.1. The minimum atomic E-state index is -3.53. The molecule has 2 heterocycles. The second kappa shape index (κ2) is 10.9. The number of fused-ring (bicyclic) bond motifs is 1. The molecule has 182 valence electrons. The molecule has 0 saturated carbocycles. The van der Waals surface area contributed by atoms with Gasteiger partial charge in [-0.2, -0.15) is 0 Å². The van der Waals surface area contributed by atoms with Gasteiger partial charge >= 0.3 is 0 Å². The molecular formula is C25H31N3O4S2. The molecule has 0 atom stereocenters. The van der Waals surface area contributed by atoms with Crippen molar-refractivity contribution in [2.24, 2.45) is 0 Å². The topological polar surface area (TPSA) is 79.8 Å². The summed E-state index contributed by atoms with van der Waals surface area (Å²) in [5.41, 5.74) is 3.17. The molecule has 2 aromatic carbocycles. The molecule has 4 rings (SSSR count). The molecule has 1 aromatic heterocycles. The van der Waals surface area contributed by atoms with Crippen LogP contribution in [0.15, 0.2) is 47.4 Å². The zero-order valence-corrected chi connectivity index (χ0v) is 21.3. The average Bonchev–Trinajstić information content (AvgIpc) is 3.29. The minimum absolute atomic E-state index is 0.0806. The third-order valence-corrected chi connectivity index (χ3v) is 9.03. The monoisotopic (exact) mass is 501 g/mol. The van der Waals surface area contributed by atoms with Crippen molar-refractivity contribution < 1.29 is 17.9 Å². The second-order valence-electron chi connectivity index (χ2n) is 8.59. The molecule has 9 heteroatoms. The van der Waals surface area contributed by atoms with E-state index in [1.807, 2.05) is 19.9 Å². The molecule has 7 nitrogen and oxygen atoms in total. The van der Waals surface area contributed by atoms with Crippen LogP contribution < -0.4 is 4.90 Å². The smallest absolute Gasteiger partial charge is 0.229 e. The van der Waals surface area contributed by atoms with Gasteiger partial charge in [0, 0.05) is 32.6 Å². The Morgan fingerprint density at radius 1 is 1.12 bits per heavy atom. The number of carbonyl (C=O) groups excluding carboxylic acids is 1. The Bertz CT molecular complexity index is 1240. The summed E-state index contributed by atoms with van der Waals surface area (Å²) in [5, 5.41) is 0.632. The largest absolute Gasteiger partial charge is 0.379 e. The van der Waals surface area contributed by atoms with Crippen LogP contribution in [0, 0.1) is 13.8 Å². The molecule has 1 saturated heterocycles. The van der Waals surface area contributed by atoms with E-state index in [0.29, 0.717) is 11.7 Å². The fraction of sp³-hybridized carbons (Fsp3) is 0.440. The number of aromatic nitrogens is 1. The van der Waals surface area contributed by atoms with E-state index in [-0.39, 0.29) is 23.0 Å². The van der Waals surface area contributed by atoms with Crippen molar-refractivity contribution in [2.45, 2.75) is 31.6 Å². The van der Waals surface area contributed by atoms with Gasteiger partial charge in [-0.1, -0.05) is 35.6 Å². The molecule has 1 amide bonds. The normalized spacial score (nSPS) is 15.0. The third-order valence-electron chi connectivity index (χ3n) is 6.25. The van der Waals surface area contributed by atoms with E-state index in [1.165, 1.54) is 11.3 Å². The van der Waals surface area contributed by atoms with Crippen molar-refractivity contribution in [3.63, 3.8) is 0 Å². The average molecular weight is 502 g/mol. The first-order valence-electron chi connectivity index (χ1n) is 11.6. The lowest BCUT2D eigenvalue weighted by molar-refractivity contribution is -0.118. The number of anilines is 1. The number of carbonyl (C=O) groups is 1. The fourth-order valence-electron chi connectivity index (χ4n) is 4.04. The predicted molar refractivity (Wildman–Crippen MR) is 136 cm³/mol. The van der Waals surface area contributed by atoms with Crippen LogP contribution in [0.1, 0.15) is 24.0 Å². The molecule has 34 heavy (non-hydrogen) atoms. The van der Waals surface area contributed by atoms with Gasteiger partial charge in [0.2, 0.25) is 5.91 Å². The number of thiazole rings is 1. The summed E-state index contributed by atoms with van der Waals surface area (Å²) in [5.74, 6) is -0.436. The number of rotatable bonds is 9. The summed E-state index contributed by atoms with van der Waals surface area (Å²) in [6.45, 7) is 8.70. The molecule has 0 unspecified atom stereocenters. The van der Waals surface area contributed by atoms with E-state index in [1.54, 1.807) is 35.2 Å². The summed E-state index contributed by atoms with van der Waals surface area (Å²) < 4.78 is 31.9. The summed E-state index contributed by atoms with van der Waals surface area (Å²) in [4.78, 5) is 22.4. The zero-order valence-electron chi connectivity index (χ0n) is 19.7. The maximum Gasteiger partial charge on any atom is 0.229 e. The van der Waals surface area contributed by atoms with Gasteiger partial charge in [-0.25, -0.2) is 13.4 Å². The van der Waals surface area contributed by atoms with Gasteiger partial charge in [0.25, 0.3) is 0 Å². The number of sulfone groups is 1. The molecule has 3 aromatic rings. The van der Waals surface area contributed by atoms with Gasteiger partial charge in [-0.05, 0) is 49.6 Å². The zero-order chi connectivity index (χ0) is 24.1. The van der Waals surface area contributed by atoms with Gasteiger partial charge in [-0.3, -0.25) is 14.6 Å². The van der Waals surface area contributed by atoms with Crippen LogP contribution in [0.4, 0.5) is 5.13 Å². The SMILES string of the molecule is Cc1ccc2sc(N(CCCN3CCOCC3)C(=O)CCS(=O)(=O)c3ccccc3)nc2c1C. The van der Waals surface area contributed by atoms with Crippen molar-refractivity contribution in [3.05, 3.63) is 53.6 Å². The van der Waals surface area contributed by atoms with Gasteiger partial charge < -0.3 is 4.74 Å². The highest BCUT2D eigenvalue weighted by atomic mass is 32.2. The van der Waals surface area contributed by atoms with Crippen molar-refractivity contribution in [2.75, 3.05) is 50.0 Å². The van der Waals surface area contributed by atoms with Crippen molar-refractivity contribution in [1.29, 1.82) is 0 Å². The molecular weight excluding hydrogens is 470 g/mol. The number of ether oxygens (including phenoxy) is 1. The van der Waals surface area contributed by atoms with Gasteiger partial charge in [0.1, 0.15) is 0 Å². The van der Waals surface area contributed by atoms with Crippen molar-refractivity contribution >= 4 is 42.4 Å². The number of amides is 1. The van der Waals surface area contributed by atoms with Crippen LogP contribution in [-0.4, -0.2) is 69.4 Å². The highest BCUT2D eigenvalue weighted by Gasteiger charge is 2.24. The lowest BCUT2D eigenvalue weighted by Crippen LogP contribution is -2.39. The number of nitrogens with zero attached hydrogens (tertiary/aromatic N) is 3. The quantitative estimate of drug-likeness (QED) is 0.443. The Balaban J connectivity index is 1.51. The number of aryl methyl sites for hydroxylation is 2. The predicted octanol–water partition coefficient (Wildman–Crippen LogP) is 3.83. The van der Waals surface area contributed by atoms with Crippen LogP contribution in [0.5, 0.6) is 0 Å². The number of hydrogen-bond donors (Lipinski definition) is 0. The molecule has 1 fully saturated rings. The number of benzene rings is 2. The van der Waals surface area contributed by atoms with E-state index >= 15 is 0 Å². The Labute approximate surface area is 205 Å². The van der Waals surface area contributed by atoms with Gasteiger partial charge in [0.15, 0.2) is 15.0 Å². The molecule has 0 N–H and O–H groups in total. The molecule has 1 aliphatic heterocycles. The Morgan fingerprint density at radius 3 is 2.59 bits per heavy atom. The fourth-order valence-corrected chi connectivity index (χ4v) is 6.36. The van der Waals surface area contributed by atoms with E-state index < -0.39 is 9.84 Å². The van der Waals surface area contributed by atoms with E-state index in [2.05, 4.69) is 11.0 Å².